The molecule has 0 spiro atoms. The largest absolute Gasteiger partial charge is 0.396 e. The van der Waals surface area contributed by atoms with Crippen molar-refractivity contribution in [2.24, 2.45) is 5.41 Å². The summed E-state index contributed by atoms with van der Waals surface area (Å²) in [6, 6.07) is 0. The summed E-state index contributed by atoms with van der Waals surface area (Å²) in [6.45, 7) is 10.1. The first-order valence-corrected chi connectivity index (χ1v) is 7.22. The number of aliphatic hydroxyl groups is 1. The van der Waals surface area contributed by atoms with Gasteiger partial charge in [0.2, 0.25) is 5.91 Å². The molecule has 0 aliphatic rings. The third-order valence-electron chi connectivity index (χ3n) is 4.39. The molecular formula is C15H26N2O3. The normalized spacial score (nSPS) is 13.3. The van der Waals surface area contributed by atoms with Gasteiger partial charge in [0.25, 0.3) is 0 Å². The van der Waals surface area contributed by atoms with Gasteiger partial charge in [-0.2, -0.15) is 0 Å². The van der Waals surface area contributed by atoms with E-state index in [2.05, 4.69) is 10.5 Å². The van der Waals surface area contributed by atoms with Gasteiger partial charge < -0.3 is 14.9 Å². The quantitative estimate of drug-likeness (QED) is 0.804. The Morgan fingerprint density at radius 2 is 2.00 bits per heavy atom. The van der Waals surface area contributed by atoms with Crippen molar-refractivity contribution in [1.29, 1.82) is 0 Å². The van der Waals surface area contributed by atoms with Gasteiger partial charge in [-0.1, -0.05) is 19.0 Å². The molecule has 1 unspecified atom stereocenters. The van der Waals surface area contributed by atoms with Crippen LogP contribution in [-0.4, -0.2) is 29.3 Å². The second kappa shape index (κ2) is 6.88. The van der Waals surface area contributed by atoms with Crippen molar-refractivity contribution in [3.05, 3.63) is 17.0 Å². The van der Waals surface area contributed by atoms with Crippen LogP contribution in [-0.2, 0) is 4.79 Å². The molecule has 0 saturated heterocycles. The smallest absolute Gasteiger partial charge is 0.227 e. The summed E-state index contributed by atoms with van der Waals surface area (Å²) in [5, 5.41) is 16.4. The summed E-state index contributed by atoms with van der Waals surface area (Å²) in [5.74, 6) is 0.329. The fourth-order valence-electron chi connectivity index (χ4n) is 2.45. The molecule has 2 N–H and O–H groups in total. The van der Waals surface area contributed by atoms with E-state index >= 15 is 0 Å². The number of carbonyl (C=O) groups is 1. The van der Waals surface area contributed by atoms with Crippen LogP contribution >= 0.6 is 0 Å². The van der Waals surface area contributed by atoms with Gasteiger partial charge in [0.1, 0.15) is 5.76 Å². The zero-order chi connectivity index (χ0) is 15.3. The molecule has 1 aromatic heterocycles. The number of amides is 1. The number of carbonyl (C=O) groups excluding carboxylic acids is 1. The fraction of sp³-hybridized carbons (Fsp3) is 0.733. The van der Waals surface area contributed by atoms with Crippen LogP contribution in [0.25, 0.3) is 0 Å². The number of nitrogens with zero attached hydrogens (tertiary/aromatic N) is 1. The molecule has 0 bridgehead atoms. The second-order valence-electron chi connectivity index (χ2n) is 5.54. The number of hydrogen-bond donors (Lipinski definition) is 2. The van der Waals surface area contributed by atoms with Crippen molar-refractivity contribution >= 4 is 5.91 Å². The number of aliphatic hydroxyl groups excluding tert-OH is 1. The summed E-state index contributed by atoms with van der Waals surface area (Å²) in [5.41, 5.74) is 1.38. The van der Waals surface area contributed by atoms with Crippen LogP contribution in [0.15, 0.2) is 4.52 Å². The number of hydrogen-bond acceptors (Lipinski definition) is 4. The van der Waals surface area contributed by atoms with Crippen molar-refractivity contribution in [1.82, 2.24) is 10.5 Å². The molecule has 0 saturated carbocycles. The van der Waals surface area contributed by atoms with Crippen molar-refractivity contribution in [2.75, 3.05) is 13.2 Å². The summed E-state index contributed by atoms with van der Waals surface area (Å²) in [4.78, 5) is 12.3. The molecular weight excluding hydrogens is 256 g/mol. The van der Waals surface area contributed by atoms with E-state index in [-0.39, 0.29) is 23.8 Å². The van der Waals surface area contributed by atoms with Gasteiger partial charge in [0.05, 0.1) is 18.2 Å². The number of aromatic nitrogens is 1. The molecule has 1 atom stereocenters. The standard InChI is InChI=1S/C15H26N2O3/c1-6-15(7-2,9-18)8-16-14(19)10(3)13-11(4)17-20-12(13)5/h10,18H,6-9H2,1-5H3,(H,16,19). The molecule has 0 aliphatic carbocycles. The molecule has 0 radical (unpaired) electrons. The highest BCUT2D eigenvalue weighted by Crippen LogP contribution is 2.26. The van der Waals surface area contributed by atoms with Crippen LogP contribution in [0.3, 0.4) is 0 Å². The van der Waals surface area contributed by atoms with Crippen molar-refractivity contribution < 1.29 is 14.4 Å². The zero-order valence-corrected chi connectivity index (χ0v) is 13.1. The van der Waals surface area contributed by atoms with E-state index in [1.807, 2.05) is 34.6 Å². The maximum Gasteiger partial charge on any atom is 0.227 e. The minimum atomic E-state index is -0.300. The topological polar surface area (TPSA) is 75.4 Å². The minimum Gasteiger partial charge on any atom is -0.396 e. The average molecular weight is 282 g/mol. The Morgan fingerprint density at radius 3 is 2.40 bits per heavy atom. The van der Waals surface area contributed by atoms with E-state index in [1.54, 1.807) is 0 Å². The summed E-state index contributed by atoms with van der Waals surface area (Å²) < 4.78 is 5.11. The summed E-state index contributed by atoms with van der Waals surface area (Å²) in [6.07, 6.45) is 1.67. The highest BCUT2D eigenvalue weighted by Gasteiger charge is 2.28. The lowest BCUT2D eigenvalue weighted by atomic mass is 9.83. The van der Waals surface area contributed by atoms with Crippen LogP contribution < -0.4 is 5.32 Å². The van der Waals surface area contributed by atoms with E-state index < -0.39 is 0 Å². The molecule has 114 valence electrons. The van der Waals surface area contributed by atoms with Gasteiger partial charge >= 0.3 is 0 Å². The monoisotopic (exact) mass is 282 g/mol. The molecule has 5 heteroatoms. The molecule has 0 fully saturated rings. The number of rotatable bonds is 7. The molecule has 1 rings (SSSR count). The van der Waals surface area contributed by atoms with Gasteiger partial charge in [0.15, 0.2) is 0 Å². The van der Waals surface area contributed by atoms with Gasteiger partial charge in [-0.05, 0) is 33.6 Å². The maximum absolute atomic E-state index is 12.3. The van der Waals surface area contributed by atoms with Crippen LogP contribution in [0, 0.1) is 19.3 Å². The van der Waals surface area contributed by atoms with Crippen LogP contribution in [0.1, 0.15) is 56.5 Å². The fourth-order valence-corrected chi connectivity index (χ4v) is 2.45. The van der Waals surface area contributed by atoms with Gasteiger partial charge in [-0.25, -0.2) is 0 Å². The Kier molecular flexibility index (Phi) is 5.74. The third-order valence-corrected chi connectivity index (χ3v) is 4.39. The Balaban J connectivity index is 2.72. The Morgan fingerprint density at radius 1 is 1.40 bits per heavy atom. The highest BCUT2D eigenvalue weighted by molar-refractivity contribution is 5.83. The Hall–Kier alpha value is -1.36. The molecule has 0 aromatic carbocycles. The highest BCUT2D eigenvalue weighted by atomic mass is 16.5. The van der Waals surface area contributed by atoms with Gasteiger partial charge in [-0.15, -0.1) is 0 Å². The van der Waals surface area contributed by atoms with Crippen molar-refractivity contribution in [2.45, 2.75) is 53.4 Å². The minimum absolute atomic E-state index is 0.0564. The molecule has 5 nitrogen and oxygen atoms in total. The summed E-state index contributed by atoms with van der Waals surface area (Å²) in [7, 11) is 0. The van der Waals surface area contributed by atoms with Crippen LogP contribution in [0.5, 0.6) is 0 Å². The second-order valence-corrected chi connectivity index (χ2v) is 5.54. The van der Waals surface area contributed by atoms with E-state index in [9.17, 15) is 9.90 Å². The van der Waals surface area contributed by atoms with Crippen LogP contribution in [0.2, 0.25) is 0 Å². The van der Waals surface area contributed by atoms with Gasteiger partial charge in [0, 0.05) is 17.5 Å². The number of aryl methyl sites for hydroxylation is 2. The van der Waals surface area contributed by atoms with E-state index in [4.69, 9.17) is 4.52 Å². The SMILES string of the molecule is CCC(CC)(CO)CNC(=O)C(C)c1c(C)noc1C. The third kappa shape index (κ3) is 3.39. The van der Waals surface area contributed by atoms with Crippen LogP contribution in [0.4, 0.5) is 0 Å². The first kappa shape index (κ1) is 16.7. The van der Waals surface area contributed by atoms with E-state index in [1.165, 1.54) is 0 Å². The van der Waals surface area contributed by atoms with Gasteiger partial charge in [-0.3, -0.25) is 4.79 Å². The first-order valence-electron chi connectivity index (χ1n) is 7.22. The van der Waals surface area contributed by atoms with E-state index in [0.717, 1.165) is 24.1 Å². The molecule has 1 amide bonds. The Labute approximate surface area is 120 Å². The van der Waals surface area contributed by atoms with Crippen molar-refractivity contribution in [3.8, 4) is 0 Å². The summed E-state index contributed by atoms with van der Waals surface area (Å²) >= 11 is 0. The lowest BCUT2D eigenvalue weighted by molar-refractivity contribution is -0.123. The predicted molar refractivity (Wildman–Crippen MR) is 77.5 cm³/mol. The molecule has 1 aromatic rings. The number of nitrogens with one attached hydrogen (secondary N) is 1. The lowest BCUT2D eigenvalue weighted by Crippen LogP contribution is -2.41. The predicted octanol–water partition coefficient (Wildman–Crippen LogP) is 2.31. The molecule has 0 aliphatic heterocycles. The molecule has 1 heterocycles. The first-order chi connectivity index (χ1) is 9.40. The average Bonchev–Trinajstić information content (AvgIpc) is 2.79. The maximum atomic E-state index is 12.3. The lowest BCUT2D eigenvalue weighted by Gasteiger charge is -2.30. The molecule has 20 heavy (non-hydrogen) atoms. The van der Waals surface area contributed by atoms with Crippen molar-refractivity contribution in [3.63, 3.8) is 0 Å². The Bertz CT molecular complexity index is 422. The zero-order valence-electron chi connectivity index (χ0n) is 13.1. The van der Waals surface area contributed by atoms with E-state index in [0.29, 0.717) is 12.3 Å².